The van der Waals surface area contributed by atoms with Crippen molar-refractivity contribution in [3.63, 3.8) is 0 Å². The summed E-state index contributed by atoms with van der Waals surface area (Å²) in [5, 5.41) is 0. The summed E-state index contributed by atoms with van der Waals surface area (Å²) in [6.07, 6.45) is 44.1. The first-order valence-corrected chi connectivity index (χ1v) is 25.0. The summed E-state index contributed by atoms with van der Waals surface area (Å²) in [5.41, 5.74) is 8.18. The first-order chi connectivity index (χ1) is 22.8. The molecule has 6 aliphatic rings. The normalized spacial score (nSPS) is 26.6. The molecule has 0 aromatic heterocycles. The number of hydrogen-bond acceptors (Lipinski definition) is 2. The van der Waals surface area contributed by atoms with E-state index >= 15 is 0 Å². The van der Waals surface area contributed by atoms with E-state index in [1.165, 1.54) is 204 Å². The largest absolute Gasteiger partial charge is 0.264 e. The molecule has 0 amide bonds. The van der Waals surface area contributed by atoms with Crippen LogP contribution in [0, 0.1) is 0 Å². The van der Waals surface area contributed by atoms with Gasteiger partial charge in [0.1, 0.15) is 0 Å². The summed E-state index contributed by atoms with van der Waals surface area (Å²) < 4.78 is 13.0. The van der Waals surface area contributed by atoms with Gasteiger partial charge in [-0.05, 0) is 137 Å². The third-order valence-corrected chi connectivity index (χ3v) is 25.6. The molecule has 1 aromatic rings. The van der Waals surface area contributed by atoms with Gasteiger partial charge in [0.25, 0.3) is 0 Å². The Balaban J connectivity index is 1.43. The summed E-state index contributed by atoms with van der Waals surface area (Å²) in [6.45, 7) is 0. The van der Waals surface area contributed by atoms with Crippen LogP contribution in [0.5, 0.6) is 0 Å². The predicted octanol–water partition coefficient (Wildman–Crippen LogP) is 15.3. The van der Waals surface area contributed by atoms with E-state index in [0.29, 0.717) is 0 Å². The fraction of sp³-hybridized carbons (Fsp3) is 0.857. The van der Waals surface area contributed by atoms with Crippen LogP contribution in [0.2, 0.25) is 0 Å². The van der Waals surface area contributed by atoms with Gasteiger partial charge in [0.2, 0.25) is 0 Å². The molecule has 0 aliphatic heterocycles. The van der Waals surface area contributed by atoms with Crippen molar-refractivity contribution in [3.8, 4) is 0 Å². The average Bonchev–Trinajstić information content (AvgIpc) is 3.15. The van der Waals surface area contributed by atoms with Crippen molar-refractivity contribution in [2.75, 3.05) is 0 Å². The highest BCUT2D eigenvalue weighted by molar-refractivity contribution is 7.69. The van der Waals surface area contributed by atoms with Gasteiger partial charge in [-0.2, -0.15) is 0 Å². The topological polar surface area (TPSA) is 24.7 Å². The molecule has 0 atom stereocenters. The Hall–Kier alpha value is -0.320. The van der Waals surface area contributed by atoms with Crippen LogP contribution >= 0.6 is 14.1 Å². The monoisotopic (exact) mass is 665 g/mol. The zero-order valence-corrected chi connectivity index (χ0v) is 31.6. The van der Waals surface area contributed by atoms with E-state index in [-0.39, 0.29) is 0 Å². The molecular formula is C42H70N2P2. The second-order valence-corrected chi connectivity index (χ2v) is 25.0. The SMILES string of the molecule is c1ccc(N=P(C2CCCCC2)(C2CCCCC2)C2CCCCC2)c(N=P(C2CCCCC2)(C2CCCCC2)C2CCCCC2)c1. The molecule has 4 heteroatoms. The quantitative estimate of drug-likeness (QED) is 0.247. The van der Waals surface area contributed by atoms with Gasteiger partial charge in [0, 0.05) is 0 Å². The molecule has 6 fully saturated rings. The standard InChI is InChI=1S/C42H70N2P2/c1-7-21-35(22-8-1)45(36-23-9-2-10-24-36,37-25-11-3-12-26-37)43-41-33-19-20-34-42(41)44-46(38-27-13-4-14-28-38,39-29-15-5-16-30-39)40-31-17-6-18-32-40/h19-20,33-40H,1-18,21-32H2. The number of hydrogen-bond donors (Lipinski definition) is 0. The first kappa shape index (κ1) is 34.1. The van der Waals surface area contributed by atoms with Crippen molar-refractivity contribution in [2.45, 2.75) is 227 Å². The third kappa shape index (κ3) is 7.26. The molecule has 0 unspecified atom stereocenters. The minimum Gasteiger partial charge on any atom is -0.264 e. The molecule has 0 N–H and O–H groups in total. The Morgan fingerprint density at radius 1 is 0.304 bits per heavy atom. The maximum atomic E-state index is 6.52. The van der Waals surface area contributed by atoms with E-state index in [2.05, 4.69) is 24.3 Å². The molecule has 7 rings (SSSR count). The van der Waals surface area contributed by atoms with Crippen LogP contribution in [0.15, 0.2) is 33.8 Å². The van der Waals surface area contributed by atoms with Crippen LogP contribution < -0.4 is 0 Å². The lowest BCUT2D eigenvalue weighted by molar-refractivity contribution is 0.455. The Labute approximate surface area is 285 Å². The zero-order chi connectivity index (χ0) is 31.1. The lowest BCUT2D eigenvalue weighted by atomic mass is 9.99. The first-order valence-electron chi connectivity index (χ1n) is 21.1. The van der Waals surface area contributed by atoms with Crippen molar-refractivity contribution in [1.29, 1.82) is 0 Å². The summed E-state index contributed by atoms with van der Waals surface area (Å²) in [7, 11) is -3.11. The van der Waals surface area contributed by atoms with E-state index in [9.17, 15) is 0 Å². The smallest absolute Gasteiger partial charge is 0.0869 e. The molecule has 6 saturated carbocycles. The molecule has 46 heavy (non-hydrogen) atoms. The molecule has 258 valence electrons. The molecule has 0 radical (unpaired) electrons. The van der Waals surface area contributed by atoms with E-state index in [4.69, 9.17) is 9.49 Å². The molecule has 0 spiro atoms. The van der Waals surface area contributed by atoms with E-state index < -0.39 is 14.1 Å². The summed E-state index contributed by atoms with van der Waals surface area (Å²) in [5.74, 6) is 0. The second kappa shape index (κ2) is 16.6. The Morgan fingerprint density at radius 3 is 0.696 bits per heavy atom. The van der Waals surface area contributed by atoms with Crippen molar-refractivity contribution in [3.05, 3.63) is 24.3 Å². The molecule has 0 bridgehead atoms. The Kier molecular flexibility index (Phi) is 12.3. The van der Waals surface area contributed by atoms with Gasteiger partial charge >= 0.3 is 0 Å². The molecular weight excluding hydrogens is 594 g/mol. The van der Waals surface area contributed by atoms with Crippen molar-refractivity contribution in [1.82, 2.24) is 0 Å². The van der Waals surface area contributed by atoms with Gasteiger partial charge in [-0.3, -0.25) is 9.49 Å². The lowest BCUT2D eigenvalue weighted by Gasteiger charge is -2.49. The maximum Gasteiger partial charge on any atom is 0.0869 e. The van der Waals surface area contributed by atoms with Crippen LogP contribution in [0.4, 0.5) is 11.4 Å². The molecule has 1 aromatic carbocycles. The van der Waals surface area contributed by atoms with E-state index in [1.54, 1.807) is 0 Å². The molecule has 6 aliphatic carbocycles. The van der Waals surface area contributed by atoms with Gasteiger partial charge in [0.05, 0.1) is 11.4 Å². The second-order valence-electron chi connectivity index (χ2n) is 17.0. The predicted molar refractivity (Wildman–Crippen MR) is 206 cm³/mol. The molecule has 2 nitrogen and oxygen atoms in total. The fourth-order valence-electron chi connectivity index (χ4n) is 12.3. The Morgan fingerprint density at radius 2 is 0.500 bits per heavy atom. The minimum absolute atomic E-state index is 0.898. The van der Waals surface area contributed by atoms with Crippen LogP contribution in [0.1, 0.15) is 193 Å². The number of benzene rings is 1. The summed E-state index contributed by atoms with van der Waals surface area (Å²) in [6, 6.07) is 9.72. The van der Waals surface area contributed by atoms with Crippen LogP contribution in [0.3, 0.4) is 0 Å². The zero-order valence-electron chi connectivity index (χ0n) is 29.8. The van der Waals surface area contributed by atoms with Gasteiger partial charge in [-0.25, -0.2) is 0 Å². The van der Waals surface area contributed by atoms with Gasteiger partial charge in [-0.1, -0.05) is 128 Å². The van der Waals surface area contributed by atoms with Crippen LogP contribution in [-0.4, -0.2) is 34.0 Å². The number of nitrogens with zero attached hydrogens (tertiary/aromatic N) is 2. The minimum atomic E-state index is -1.56. The van der Waals surface area contributed by atoms with Crippen LogP contribution in [0.25, 0.3) is 0 Å². The van der Waals surface area contributed by atoms with E-state index in [1.807, 2.05) is 0 Å². The fourth-order valence-corrected chi connectivity index (χ4v) is 25.0. The molecule has 0 heterocycles. The highest BCUT2D eigenvalue weighted by atomic mass is 31.2. The highest BCUT2D eigenvalue weighted by Gasteiger charge is 2.46. The van der Waals surface area contributed by atoms with Gasteiger partial charge in [0.15, 0.2) is 0 Å². The van der Waals surface area contributed by atoms with E-state index in [0.717, 1.165) is 34.0 Å². The third-order valence-electron chi connectivity index (χ3n) is 14.4. The maximum absolute atomic E-state index is 6.52. The van der Waals surface area contributed by atoms with Crippen molar-refractivity contribution < 1.29 is 0 Å². The summed E-state index contributed by atoms with van der Waals surface area (Å²) in [4.78, 5) is 0. The van der Waals surface area contributed by atoms with Crippen LogP contribution in [-0.2, 0) is 0 Å². The van der Waals surface area contributed by atoms with Crippen molar-refractivity contribution >= 4 is 25.5 Å². The van der Waals surface area contributed by atoms with Gasteiger partial charge in [-0.15, -0.1) is 0 Å². The lowest BCUT2D eigenvalue weighted by Crippen LogP contribution is -2.31. The highest BCUT2D eigenvalue weighted by Crippen LogP contribution is 2.74. The van der Waals surface area contributed by atoms with Gasteiger partial charge < -0.3 is 0 Å². The summed E-state index contributed by atoms with van der Waals surface area (Å²) >= 11 is 0. The average molecular weight is 665 g/mol. The molecule has 0 saturated heterocycles. The number of rotatable bonds is 8. The Bertz CT molecular complexity index is 986. The van der Waals surface area contributed by atoms with Crippen molar-refractivity contribution in [2.24, 2.45) is 9.49 Å².